The molecule has 1 amide bonds. The number of anilines is 1. The fourth-order valence-corrected chi connectivity index (χ4v) is 4.77. The topological polar surface area (TPSA) is 72.5 Å². The van der Waals surface area contributed by atoms with Crippen LogP contribution in [0.2, 0.25) is 0 Å². The molecular formula is C27H23NO4. The Hall–Kier alpha value is -3.73. The van der Waals surface area contributed by atoms with E-state index in [1.54, 1.807) is 42.5 Å². The molecule has 32 heavy (non-hydrogen) atoms. The largest absolute Gasteiger partial charge is 0.451 e. The van der Waals surface area contributed by atoms with Crippen molar-refractivity contribution < 1.29 is 19.1 Å². The van der Waals surface area contributed by atoms with Gasteiger partial charge in [-0.15, -0.1) is 0 Å². The number of rotatable bonds is 4. The Morgan fingerprint density at radius 3 is 2.16 bits per heavy atom. The molecule has 3 aromatic rings. The second-order valence-corrected chi connectivity index (χ2v) is 8.47. The molecule has 0 unspecified atom stereocenters. The average molecular weight is 425 g/mol. The van der Waals surface area contributed by atoms with E-state index in [-0.39, 0.29) is 23.6 Å². The predicted octanol–water partition coefficient (Wildman–Crippen LogP) is 5.11. The number of hydrogen-bond donors (Lipinski definition) is 1. The van der Waals surface area contributed by atoms with Gasteiger partial charge in [0.15, 0.2) is 5.78 Å². The van der Waals surface area contributed by atoms with Crippen LogP contribution in [0.15, 0.2) is 78.9 Å². The van der Waals surface area contributed by atoms with E-state index in [1.807, 2.05) is 36.4 Å². The van der Waals surface area contributed by atoms with Crippen LogP contribution in [0.5, 0.6) is 0 Å². The van der Waals surface area contributed by atoms with Gasteiger partial charge >= 0.3 is 5.97 Å². The molecule has 5 heteroatoms. The number of amides is 1. The molecule has 0 radical (unpaired) electrons. The third kappa shape index (κ3) is 3.60. The summed E-state index contributed by atoms with van der Waals surface area (Å²) >= 11 is 0. The van der Waals surface area contributed by atoms with E-state index >= 15 is 0 Å². The maximum Gasteiger partial charge on any atom is 0.339 e. The molecule has 1 N–H and O–H groups in total. The lowest BCUT2D eigenvalue weighted by atomic mass is 9.74. The number of hydrogen-bond acceptors (Lipinski definition) is 4. The highest BCUT2D eigenvalue weighted by atomic mass is 16.6. The standard InChI is InChI=1S/C27H23NO4/c29-24(18-6-2-1-3-7-18)19-10-12-21(13-11-19)28-25(30)20-14-16-27(17-15-20)23-9-5-4-8-22(23)26(31)32-27/h1-13,20H,14-17H2,(H,28,30). The Kier molecular flexibility index (Phi) is 5.10. The monoisotopic (exact) mass is 425 g/mol. The van der Waals surface area contributed by atoms with Crippen LogP contribution in [-0.2, 0) is 15.1 Å². The molecule has 1 aliphatic carbocycles. The van der Waals surface area contributed by atoms with Crippen molar-refractivity contribution in [3.63, 3.8) is 0 Å². The van der Waals surface area contributed by atoms with Crippen molar-refractivity contribution >= 4 is 23.3 Å². The van der Waals surface area contributed by atoms with E-state index in [9.17, 15) is 14.4 Å². The van der Waals surface area contributed by atoms with Gasteiger partial charge in [-0.25, -0.2) is 4.79 Å². The molecular weight excluding hydrogens is 402 g/mol. The van der Waals surface area contributed by atoms with E-state index < -0.39 is 5.60 Å². The van der Waals surface area contributed by atoms with Crippen LogP contribution in [0.1, 0.15) is 57.5 Å². The molecule has 5 nitrogen and oxygen atoms in total. The highest BCUT2D eigenvalue weighted by Gasteiger charge is 2.48. The fourth-order valence-electron chi connectivity index (χ4n) is 4.77. The Balaban J connectivity index is 1.22. The molecule has 1 heterocycles. The Labute approximate surface area is 186 Å². The molecule has 1 spiro atoms. The van der Waals surface area contributed by atoms with Crippen molar-refractivity contribution in [3.8, 4) is 0 Å². The van der Waals surface area contributed by atoms with E-state index in [0.29, 0.717) is 48.1 Å². The van der Waals surface area contributed by atoms with Crippen molar-refractivity contribution in [2.45, 2.75) is 31.3 Å². The van der Waals surface area contributed by atoms with E-state index in [4.69, 9.17) is 4.74 Å². The summed E-state index contributed by atoms with van der Waals surface area (Å²) in [5.74, 6) is -0.501. The molecule has 0 bridgehead atoms. The summed E-state index contributed by atoms with van der Waals surface area (Å²) in [5.41, 5.74) is 2.87. The normalized spacial score (nSPS) is 21.6. The van der Waals surface area contributed by atoms with Crippen LogP contribution in [-0.4, -0.2) is 17.7 Å². The van der Waals surface area contributed by atoms with Crippen LogP contribution < -0.4 is 5.32 Å². The molecule has 5 rings (SSSR count). The lowest BCUT2D eigenvalue weighted by Gasteiger charge is -2.36. The highest BCUT2D eigenvalue weighted by molar-refractivity contribution is 6.09. The molecule has 1 saturated carbocycles. The van der Waals surface area contributed by atoms with Gasteiger partial charge in [0.25, 0.3) is 0 Å². The second kappa shape index (κ2) is 8.08. The molecule has 160 valence electrons. The minimum Gasteiger partial charge on any atom is -0.451 e. The van der Waals surface area contributed by atoms with Crippen molar-refractivity contribution in [3.05, 3.63) is 101 Å². The van der Waals surface area contributed by atoms with Crippen molar-refractivity contribution in [1.82, 2.24) is 0 Å². The number of ketones is 1. The minimum atomic E-state index is -0.593. The zero-order valence-electron chi connectivity index (χ0n) is 17.5. The van der Waals surface area contributed by atoms with Gasteiger partial charge < -0.3 is 10.1 Å². The molecule has 3 aromatic carbocycles. The lowest BCUT2D eigenvalue weighted by Crippen LogP contribution is -2.36. The molecule has 1 aliphatic heterocycles. The molecule has 2 aliphatic rings. The molecule has 0 atom stereocenters. The third-order valence-electron chi connectivity index (χ3n) is 6.54. The van der Waals surface area contributed by atoms with Crippen molar-refractivity contribution in [2.75, 3.05) is 5.32 Å². The first-order valence-electron chi connectivity index (χ1n) is 10.9. The fraction of sp³-hybridized carbons (Fsp3) is 0.222. The van der Waals surface area contributed by atoms with Gasteiger partial charge in [0.2, 0.25) is 5.91 Å². The van der Waals surface area contributed by atoms with Gasteiger partial charge in [0.05, 0.1) is 5.56 Å². The summed E-state index contributed by atoms with van der Waals surface area (Å²) < 4.78 is 5.78. The Bertz CT molecular complexity index is 1180. The number of fused-ring (bicyclic) bond motifs is 2. The SMILES string of the molecule is O=C(c1ccccc1)c1ccc(NC(=O)C2CCC3(CC2)OC(=O)c2ccccc23)cc1. The first-order valence-corrected chi connectivity index (χ1v) is 10.9. The lowest BCUT2D eigenvalue weighted by molar-refractivity contribution is -0.122. The van der Waals surface area contributed by atoms with Crippen LogP contribution in [0.3, 0.4) is 0 Å². The van der Waals surface area contributed by atoms with Crippen LogP contribution >= 0.6 is 0 Å². The quantitative estimate of drug-likeness (QED) is 0.466. The van der Waals surface area contributed by atoms with Gasteiger partial charge in [-0.2, -0.15) is 0 Å². The maximum atomic E-state index is 12.8. The smallest absolute Gasteiger partial charge is 0.339 e. The number of nitrogens with one attached hydrogen (secondary N) is 1. The minimum absolute atomic E-state index is 0.0420. The van der Waals surface area contributed by atoms with E-state index in [1.165, 1.54) is 0 Å². The van der Waals surface area contributed by atoms with Gasteiger partial charge in [-0.1, -0.05) is 48.5 Å². The predicted molar refractivity (Wildman–Crippen MR) is 120 cm³/mol. The molecule has 1 fully saturated rings. The number of carbonyl (C=O) groups excluding carboxylic acids is 3. The van der Waals surface area contributed by atoms with Gasteiger partial charge in [-0.3, -0.25) is 9.59 Å². The number of carbonyl (C=O) groups is 3. The molecule has 0 saturated heterocycles. The van der Waals surface area contributed by atoms with Crippen molar-refractivity contribution in [2.24, 2.45) is 5.92 Å². The first kappa shape index (κ1) is 20.2. The first-order chi connectivity index (χ1) is 15.6. The number of benzene rings is 3. The summed E-state index contributed by atoms with van der Waals surface area (Å²) in [5, 5.41) is 2.97. The Morgan fingerprint density at radius 2 is 1.44 bits per heavy atom. The summed E-state index contributed by atoms with van der Waals surface area (Å²) in [6.07, 6.45) is 2.58. The van der Waals surface area contributed by atoms with Crippen LogP contribution in [0.25, 0.3) is 0 Å². The third-order valence-corrected chi connectivity index (χ3v) is 6.54. The zero-order chi connectivity index (χ0) is 22.1. The van der Waals surface area contributed by atoms with E-state index in [0.717, 1.165) is 5.56 Å². The summed E-state index contributed by atoms with van der Waals surface area (Å²) in [6.45, 7) is 0. The summed E-state index contributed by atoms with van der Waals surface area (Å²) in [4.78, 5) is 37.6. The van der Waals surface area contributed by atoms with Gasteiger partial charge in [0.1, 0.15) is 5.60 Å². The summed E-state index contributed by atoms with van der Waals surface area (Å²) in [6, 6.07) is 23.6. The van der Waals surface area contributed by atoms with Crippen LogP contribution in [0, 0.1) is 5.92 Å². The maximum absolute atomic E-state index is 12.8. The van der Waals surface area contributed by atoms with Gasteiger partial charge in [0, 0.05) is 28.3 Å². The second-order valence-electron chi connectivity index (χ2n) is 8.47. The highest BCUT2D eigenvalue weighted by Crippen LogP contribution is 2.48. The van der Waals surface area contributed by atoms with Crippen LogP contribution in [0.4, 0.5) is 5.69 Å². The van der Waals surface area contributed by atoms with E-state index in [2.05, 4.69) is 5.32 Å². The Morgan fingerprint density at radius 1 is 0.812 bits per heavy atom. The summed E-state index contributed by atoms with van der Waals surface area (Å²) in [7, 11) is 0. The molecule has 0 aromatic heterocycles. The zero-order valence-corrected chi connectivity index (χ0v) is 17.5. The van der Waals surface area contributed by atoms with Crippen molar-refractivity contribution in [1.29, 1.82) is 0 Å². The number of ether oxygens (including phenoxy) is 1. The average Bonchev–Trinajstić information content (AvgIpc) is 3.11. The van der Waals surface area contributed by atoms with Gasteiger partial charge in [-0.05, 0) is 56.0 Å². The number of esters is 1.